The number of carbonyl (C=O) groups is 1. The van der Waals surface area contributed by atoms with Gasteiger partial charge in [0.2, 0.25) is 0 Å². The number of rotatable bonds is 9. The second-order valence-corrected chi connectivity index (χ2v) is 5.04. The average Bonchev–Trinajstić information content (AvgIpc) is 2.52. The summed E-state index contributed by atoms with van der Waals surface area (Å²) in [7, 11) is 1.67. The fourth-order valence-corrected chi connectivity index (χ4v) is 2.54. The molecule has 4 nitrogen and oxygen atoms in total. The molecule has 0 saturated carbocycles. The van der Waals surface area contributed by atoms with Crippen molar-refractivity contribution < 1.29 is 9.53 Å². The maximum Gasteiger partial charge on any atom is 0.256 e. The minimum atomic E-state index is 0.0808. The van der Waals surface area contributed by atoms with Gasteiger partial charge in [-0.1, -0.05) is 26.0 Å². The molecule has 0 spiro atoms. The van der Waals surface area contributed by atoms with Gasteiger partial charge in [0.05, 0.1) is 12.2 Å². The molecule has 0 unspecified atom stereocenters. The van der Waals surface area contributed by atoms with Crippen molar-refractivity contribution >= 4 is 11.6 Å². The van der Waals surface area contributed by atoms with Gasteiger partial charge >= 0.3 is 0 Å². The number of carbonyl (C=O) groups excluding carboxylic acids is 1. The Bertz CT molecular complexity index is 431. The molecule has 0 aliphatic carbocycles. The molecule has 1 aromatic carbocycles. The first-order valence-electron chi connectivity index (χ1n) is 7.82. The van der Waals surface area contributed by atoms with Crippen molar-refractivity contribution in [3.05, 3.63) is 29.8 Å². The van der Waals surface area contributed by atoms with E-state index in [0.717, 1.165) is 30.6 Å². The first kappa shape index (κ1) is 17.5. The zero-order chi connectivity index (χ0) is 15.7. The lowest BCUT2D eigenvalue weighted by atomic mass is 10.1. The van der Waals surface area contributed by atoms with E-state index in [1.165, 1.54) is 0 Å². The number of nitrogens with one attached hydrogen (secondary N) is 1. The molecule has 0 saturated heterocycles. The maximum absolute atomic E-state index is 12.9. The van der Waals surface area contributed by atoms with E-state index in [4.69, 9.17) is 4.74 Å². The number of benzene rings is 1. The third-order valence-corrected chi connectivity index (χ3v) is 3.71. The third kappa shape index (κ3) is 4.74. The van der Waals surface area contributed by atoms with Crippen LogP contribution in [0, 0.1) is 0 Å². The summed E-state index contributed by atoms with van der Waals surface area (Å²) < 4.78 is 5.17. The van der Waals surface area contributed by atoms with Gasteiger partial charge in [-0.15, -0.1) is 0 Å². The molecule has 118 valence electrons. The van der Waals surface area contributed by atoms with E-state index in [9.17, 15) is 4.79 Å². The van der Waals surface area contributed by atoms with Crippen LogP contribution < -0.4 is 5.32 Å². The fourth-order valence-electron chi connectivity index (χ4n) is 2.54. The van der Waals surface area contributed by atoms with Gasteiger partial charge in [-0.3, -0.25) is 4.79 Å². The highest BCUT2D eigenvalue weighted by Gasteiger charge is 2.23. The number of hydrogen-bond acceptors (Lipinski definition) is 3. The van der Waals surface area contributed by atoms with Gasteiger partial charge in [-0.05, 0) is 31.9 Å². The van der Waals surface area contributed by atoms with Crippen LogP contribution in [0.3, 0.4) is 0 Å². The number of anilines is 1. The zero-order valence-corrected chi connectivity index (χ0v) is 13.7. The molecule has 0 bridgehead atoms. The second kappa shape index (κ2) is 9.40. The summed E-state index contributed by atoms with van der Waals surface area (Å²) in [4.78, 5) is 14.9. The topological polar surface area (TPSA) is 41.6 Å². The SMILES string of the molecule is CCNc1ccccc1C(=O)N(CCOC)C(CC)CC. The number of nitrogens with zero attached hydrogens (tertiary/aromatic N) is 1. The zero-order valence-electron chi connectivity index (χ0n) is 13.7. The van der Waals surface area contributed by atoms with Gasteiger partial charge in [0, 0.05) is 31.9 Å². The fraction of sp³-hybridized carbons (Fsp3) is 0.588. The first-order chi connectivity index (χ1) is 10.2. The molecule has 0 fully saturated rings. The van der Waals surface area contributed by atoms with E-state index in [2.05, 4.69) is 19.2 Å². The van der Waals surface area contributed by atoms with Crippen LogP contribution in [0.25, 0.3) is 0 Å². The Morgan fingerprint density at radius 2 is 1.90 bits per heavy atom. The van der Waals surface area contributed by atoms with Crippen molar-refractivity contribution in [3.63, 3.8) is 0 Å². The van der Waals surface area contributed by atoms with Gasteiger partial charge < -0.3 is 15.0 Å². The van der Waals surface area contributed by atoms with Crippen LogP contribution in [-0.4, -0.2) is 43.7 Å². The van der Waals surface area contributed by atoms with Crippen LogP contribution in [0.2, 0.25) is 0 Å². The lowest BCUT2D eigenvalue weighted by molar-refractivity contribution is 0.0590. The molecule has 0 atom stereocenters. The first-order valence-corrected chi connectivity index (χ1v) is 7.82. The highest BCUT2D eigenvalue weighted by atomic mass is 16.5. The summed E-state index contributed by atoms with van der Waals surface area (Å²) >= 11 is 0. The lowest BCUT2D eigenvalue weighted by Crippen LogP contribution is -2.42. The van der Waals surface area contributed by atoms with Crippen LogP contribution in [0.4, 0.5) is 5.69 Å². The van der Waals surface area contributed by atoms with Crippen molar-refractivity contribution in [1.29, 1.82) is 0 Å². The summed E-state index contributed by atoms with van der Waals surface area (Å²) in [6.45, 7) is 8.26. The van der Waals surface area contributed by atoms with Crippen molar-refractivity contribution in [2.45, 2.75) is 39.7 Å². The Hall–Kier alpha value is -1.55. The van der Waals surface area contributed by atoms with E-state index in [1.807, 2.05) is 36.1 Å². The van der Waals surface area contributed by atoms with Crippen molar-refractivity contribution in [1.82, 2.24) is 4.90 Å². The molecule has 21 heavy (non-hydrogen) atoms. The third-order valence-electron chi connectivity index (χ3n) is 3.71. The van der Waals surface area contributed by atoms with Gasteiger partial charge in [0.15, 0.2) is 0 Å². The quantitative estimate of drug-likeness (QED) is 0.758. The Morgan fingerprint density at radius 1 is 1.24 bits per heavy atom. The van der Waals surface area contributed by atoms with E-state index in [0.29, 0.717) is 13.2 Å². The highest BCUT2D eigenvalue weighted by Crippen LogP contribution is 2.20. The molecule has 0 aliphatic heterocycles. The highest BCUT2D eigenvalue weighted by molar-refractivity contribution is 5.99. The molecule has 1 rings (SSSR count). The summed E-state index contributed by atoms with van der Waals surface area (Å²) in [6, 6.07) is 7.96. The molecule has 1 aromatic rings. The number of amides is 1. The van der Waals surface area contributed by atoms with E-state index < -0.39 is 0 Å². The monoisotopic (exact) mass is 292 g/mol. The average molecular weight is 292 g/mol. The van der Waals surface area contributed by atoms with Crippen molar-refractivity contribution in [2.75, 3.05) is 32.1 Å². The van der Waals surface area contributed by atoms with Crippen molar-refractivity contribution in [2.24, 2.45) is 0 Å². The van der Waals surface area contributed by atoms with Crippen LogP contribution in [0.1, 0.15) is 44.0 Å². The molecule has 0 aliphatic rings. The lowest BCUT2D eigenvalue weighted by Gasteiger charge is -2.31. The predicted molar refractivity (Wildman–Crippen MR) is 87.9 cm³/mol. The molecule has 4 heteroatoms. The Kier molecular flexibility index (Phi) is 7.83. The second-order valence-electron chi connectivity index (χ2n) is 5.04. The molecule has 0 aromatic heterocycles. The van der Waals surface area contributed by atoms with Crippen LogP contribution in [-0.2, 0) is 4.74 Å². The number of methoxy groups -OCH3 is 1. The molecular formula is C17H28N2O2. The van der Waals surface area contributed by atoms with Gasteiger partial charge in [0.25, 0.3) is 5.91 Å². The number of para-hydroxylation sites is 1. The molecular weight excluding hydrogens is 264 g/mol. The maximum atomic E-state index is 12.9. The summed E-state index contributed by atoms with van der Waals surface area (Å²) in [5.74, 6) is 0.0808. The molecule has 1 amide bonds. The standard InChI is InChI=1S/C17H28N2O2/c1-5-14(6-2)19(12-13-21-4)17(20)15-10-8-9-11-16(15)18-7-3/h8-11,14,18H,5-7,12-13H2,1-4H3. The van der Waals surface area contributed by atoms with Crippen LogP contribution in [0.15, 0.2) is 24.3 Å². The van der Waals surface area contributed by atoms with E-state index in [1.54, 1.807) is 7.11 Å². The van der Waals surface area contributed by atoms with Gasteiger partial charge in [0.1, 0.15) is 0 Å². The van der Waals surface area contributed by atoms with E-state index in [-0.39, 0.29) is 11.9 Å². The van der Waals surface area contributed by atoms with Crippen LogP contribution >= 0.6 is 0 Å². The number of ether oxygens (including phenoxy) is 1. The molecule has 0 radical (unpaired) electrons. The van der Waals surface area contributed by atoms with Gasteiger partial charge in [-0.2, -0.15) is 0 Å². The normalized spacial score (nSPS) is 10.7. The molecule has 0 heterocycles. The van der Waals surface area contributed by atoms with Gasteiger partial charge in [-0.25, -0.2) is 0 Å². The predicted octanol–water partition coefficient (Wildman–Crippen LogP) is 3.40. The Balaban J connectivity index is 3.03. The van der Waals surface area contributed by atoms with Crippen molar-refractivity contribution in [3.8, 4) is 0 Å². The van der Waals surface area contributed by atoms with E-state index >= 15 is 0 Å². The smallest absolute Gasteiger partial charge is 0.256 e. The largest absolute Gasteiger partial charge is 0.385 e. The minimum absolute atomic E-state index is 0.0808. The Morgan fingerprint density at radius 3 is 2.48 bits per heavy atom. The van der Waals surface area contributed by atoms with Crippen LogP contribution in [0.5, 0.6) is 0 Å². The number of hydrogen-bond donors (Lipinski definition) is 1. The summed E-state index contributed by atoms with van der Waals surface area (Å²) in [6.07, 6.45) is 1.91. The summed E-state index contributed by atoms with van der Waals surface area (Å²) in [5.41, 5.74) is 1.64. The minimum Gasteiger partial charge on any atom is -0.385 e. The Labute approximate surface area is 128 Å². The summed E-state index contributed by atoms with van der Waals surface area (Å²) in [5, 5.41) is 3.26. The molecule has 1 N–H and O–H groups in total.